The molecule has 1 heterocycles. The maximum Gasteiger partial charge on any atom is 0.235 e. The Balaban J connectivity index is 2.30. The van der Waals surface area contributed by atoms with Crippen LogP contribution in [0.4, 0.5) is 0 Å². The van der Waals surface area contributed by atoms with Crippen molar-refractivity contribution in [1.29, 1.82) is 0 Å². The molecule has 0 aromatic rings. The Morgan fingerprint density at radius 2 is 2.36 bits per heavy atom. The quantitative estimate of drug-likeness (QED) is 0.366. The van der Waals surface area contributed by atoms with Crippen molar-refractivity contribution in [3.8, 4) is 0 Å². The van der Waals surface area contributed by atoms with Crippen LogP contribution >= 0.6 is 0 Å². The second-order valence-corrected chi connectivity index (χ2v) is 3.81. The molecular weight excluding hydrogens is 182 g/mol. The van der Waals surface area contributed by atoms with E-state index in [1.807, 2.05) is 6.92 Å². The molecule has 5 heteroatoms. The number of carbonyl (C=O) groups excluding carboxylic acids is 1. The van der Waals surface area contributed by atoms with Crippen LogP contribution in [-0.2, 0) is 9.53 Å². The SMILES string of the molecule is CC1CN(CCC(=O)NN)C(C)CO1. The zero-order valence-electron chi connectivity index (χ0n) is 8.82. The van der Waals surface area contributed by atoms with E-state index in [9.17, 15) is 4.79 Å². The van der Waals surface area contributed by atoms with Gasteiger partial charge in [-0.2, -0.15) is 0 Å². The fourth-order valence-corrected chi connectivity index (χ4v) is 1.60. The molecule has 2 atom stereocenters. The van der Waals surface area contributed by atoms with Gasteiger partial charge in [-0.05, 0) is 13.8 Å². The fraction of sp³-hybridized carbons (Fsp3) is 0.889. The Bertz CT molecular complexity index is 198. The molecule has 0 saturated carbocycles. The van der Waals surface area contributed by atoms with Crippen LogP contribution in [0.1, 0.15) is 20.3 Å². The van der Waals surface area contributed by atoms with E-state index in [1.165, 1.54) is 0 Å². The molecule has 1 aliphatic heterocycles. The summed E-state index contributed by atoms with van der Waals surface area (Å²) in [5.74, 6) is 4.89. The van der Waals surface area contributed by atoms with Gasteiger partial charge in [0.05, 0.1) is 12.7 Å². The number of carbonyl (C=O) groups is 1. The van der Waals surface area contributed by atoms with Gasteiger partial charge >= 0.3 is 0 Å². The summed E-state index contributed by atoms with van der Waals surface area (Å²) in [6, 6.07) is 0.386. The van der Waals surface area contributed by atoms with Gasteiger partial charge in [-0.15, -0.1) is 0 Å². The smallest absolute Gasteiger partial charge is 0.235 e. The first-order chi connectivity index (χ1) is 6.63. The van der Waals surface area contributed by atoms with Crippen molar-refractivity contribution in [1.82, 2.24) is 10.3 Å². The van der Waals surface area contributed by atoms with Crippen molar-refractivity contribution in [3.63, 3.8) is 0 Å². The van der Waals surface area contributed by atoms with Crippen molar-refractivity contribution in [3.05, 3.63) is 0 Å². The van der Waals surface area contributed by atoms with Crippen LogP contribution in [0.25, 0.3) is 0 Å². The summed E-state index contributed by atoms with van der Waals surface area (Å²) < 4.78 is 5.49. The van der Waals surface area contributed by atoms with Gasteiger partial charge in [0.2, 0.25) is 5.91 Å². The van der Waals surface area contributed by atoms with E-state index in [1.54, 1.807) is 0 Å². The van der Waals surface area contributed by atoms with E-state index in [0.29, 0.717) is 12.5 Å². The van der Waals surface area contributed by atoms with Crippen LogP contribution in [0.2, 0.25) is 0 Å². The van der Waals surface area contributed by atoms with E-state index in [2.05, 4.69) is 17.2 Å². The van der Waals surface area contributed by atoms with Crippen molar-refractivity contribution in [2.24, 2.45) is 5.84 Å². The molecule has 82 valence electrons. The van der Waals surface area contributed by atoms with Crippen molar-refractivity contribution in [2.75, 3.05) is 19.7 Å². The molecule has 1 amide bonds. The molecule has 0 aromatic carbocycles. The molecule has 1 fully saturated rings. The van der Waals surface area contributed by atoms with Gasteiger partial charge in [-0.25, -0.2) is 5.84 Å². The second kappa shape index (κ2) is 5.29. The van der Waals surface area contributed by atoms with E-state index >= 15 is 0 Å². The highest BCUT2D eigenvalue weighted by atomic mass is 16.5. The average Bonchev–Trinajstić information content (AvgIpc) is 2.19. The third kappa shape index (κ3) is 3.25. The second-order valence-electron chi connectivity index (χ2n) is 3.81. The Hall–Kier alpha value is -0.650. The number of hydrogen-bond acceptors (Lipinski definition) is 4. The van der Waals surface area contributed by atoms with E-state index in [0.717, 1.165) is 19.7 Å². The van der Waals surface area contributed by atoms with Crippen LogP contribution in [0, 0.1) is 0 Å². The number of nitrogens with one attached hydrogen (secondary N) is 1. The monoisotopic (exact) mass is 201 g/mol. The standard InChI is InChI=1S/C9H19N3O2/c1-7-6-14-8(2)5-12(7)4-3-9(13)11-10/h7-8H,3-6,10H2,1-2H3,(H,11,13). The van der Waals surface area contributed by atoms with Gasteiger partial charge in [-0.3, -0.25) is 15.1 Å². The van der Waals surface area contributed by atoms with Crippen molar-refractivity contribution < 1.29 is 9.53 Å². The van der Waals surface area contributed by atoms with Gasteiger partial charge in [0, 0.05) is 25.6 Å². The first-order valence-corrected chi connectivity index (χ1v) is 4.98. The van der Waals surface area contributed by atoms with Gasteiger partial charge < -0.3 is 4.74 Å². The number of morpholine rings is 1. The van der Waals surface area contributed by atoms with Crippen LogP contribution < -0.4 is 11.3 Å². The summed E-state index contributed by atoms with van der Waals surface area (Å²) in [6.45, 7) is 6.52. The normalized spacial score (nSPS) is 28.8. The summed E-state index contributed by atoms with van der Waals surface area (Å²) in [5, 5.41) is 0. The van der Waals surface area contributed by atoms with Gasteiger partial charge in [-0.1, -0.05) is 0 Å². The number of hydrogen-bond donors (Lipinski definition) is 2. The lowest BCUT2D eigenvalue weighted by Crippen LogP contribution is -2.48. The summed E-state index contributed by atoms with van der Waals surface area (Å²) >= 11 is 0. The zero-order chi connectivity index (χ0) is 10.6. The first kappa shape index (κ1) is 11.4. The summed E-state index contributed by atoms with van der Waals surface area (Å²) in [4.78, 5) is 13.2. The minimum Gasteiger partial charge on any atom is -0.376 e. The van der Waals surface area contributed by atoms with Crippen molar-refractivity contribution >= 4 is 5.91 Å². The highest BCUT2D eigenvalue weighted by Crippen LogP contribution is 2.11. The predicted molar refractivity (Wildman–Crippen MR) is 53.4 cm³/mol. The average molecular weight is 201 g/mol. The molecule has 1 aliphatic rings. The van der Waals surface area contributed by atoms with Crippen molar-refractivity contribution in [2.45, 2.75) is 32.4 Å². The number of ether oxygens (including phenoxy) is 1. The molecule has 5 nitrogen and oxygen atoms in total. The Morgan fingerprint density at radius 1 is 1.64 bits per heavy atom. The molecule has 1 rings (SSSR count). The number of amides is 1. The first-order valence-electron chi connectivity index (χ1n) is 4.98. The summed E-state index contributed by atoms with van der Waals surface area (Å²) in [6.07, 6.45) is 0.709. The molecule has 2 unspecified atom stereocenters. The molecule has 0 aromatic heterocycles. The zero-order valence-corrected chi connectivity index (χ0v) is 8.82. The lowest BCUT2D eigenvalue weighted by molar-refractivity contribution is -0.122. The molecule has 1 saturated heterocycles. The number of hydrazine groups is 1. The minimum absolute atomic E-state index is 0.114. The third-order valence-corrected chi connectivity index (χ3v) is 2.52. The van der Waals surface area contributed by atoms with E-state index < -0.39 is 0 Å². The summed E-state index contributed by atoms with van der Waals surface area (Å²) in [5.41, 5.74) is 2.13. The molecule has 0 bridgehead atoms. The van der Waals surface area contributed by atoms with E-state index in [-0.39, 0.29) is 12.0 Å². The summed E-state index contributed by atoms with van der Waals surface area (Å²) in [7, 11) is 0. The third-order valence-electron chi connectivity index (χ3n) is 2.52. The Kier molecular flexibility index (Phi) is 4.31. The Labute approximate surface area is 84.5 Å². The maximum atomic E-state index is 10.9. The highest BCUT2D eigenvalue weighted by Gasteiger charge is 2.23. The molecule has 0 radical (unpaired) electrons. The van der Waals surface area contributed by atoms with Crippen LogP contribution in [0.3, 0.4) is 0 Å². The minimum atomic E-state index is -0.114. The molecule has 3 N–H and O–H groups in total. The number of nitrogens with two attached hydrogens (primary N) is 1. The predicted octanol–water partition coefficient (Wildman–Crippen LogP) is -0.524. The number of nitrogens with zero attached hydrogens (tertiary/aromatic N) is 1. The lowest BCUT2D eigenvalue weighted by Gasteiger charge is -2.36. The van der Waals surface area contributed by atoms with Gasteiger partial charge in [0.15, 0.2) is 0 Å². The number of rotatable bonds is 3. The van der Waals surface area contributed by atoms with Crippen LogP contribution in [-0.4, -0.2) is 42.6 Å². The fourth-order valence-electron chi connectivity index (χ4n) is 1.60. The molecule has 0 spiro atoms. The largest absolute Gasteiger partial charge is 0.376 e. The van der Waals surface area contributed by atoms with Gasteiger partial charge in [0.25, 0.3) is 0 Å². The molecular formula is C9H19N3O2. The van der Waals surface area contributed by atoms with Gasteiger partial charge in [0.1, 0.15) is 0 Å². The van der Waals surface area contributed by atoms with E-state index in [4.69, 9.17) is 10.6 Å². The molecule has 14 heavy (non-hydrogen) atoms. The topological polar surface area (TPSA) is 67.6 Å². The van der Waals surface area contributed by atoms with Crippen LogP contribution in [0.5, 0.6) is 0 Å². The maximum absolute atomic E-state index is 10.9. The molecule has 0 aliphatic carbocycles. The lowest BCUT2D eigenvalue weighted by atomic mass is 10.2. The Morgan fingerprint density at radius 3 is 3.00 bits per heavy atom. The van der Waals surface area contributed by atoms with Crippen LogP contribution in [0.15, 0.2) is 0 Å². The highest BCUT2D eigenvalue weighted by molar-refractivity contribution is 5.75.